The number of aryl methyl sites for hydroxylation is 1. The minimum atomic E-state index is 0.721. The third-order valence-electron chi connectivity index (χ3n) is 3.69. The molecule has 2 N–H and O–H groups in total. The molecular weight excluding hydrogens is 291 g/mol. The average Bonchev–Trinajstić information content (AvgIpc) is 2.43. The molecule has 0 radical (unpaired) electrons. The molecule has 0 aromatic heterocycles. The topological polar surface area (TPSA) is 29.3 Å². The minimum absolute atomic E-state index is 0.721. The summed E-state index contributed by atoms with van der Waals surface area (Å²) in [6, 6.07) is 11.7. The highest BCUT2D eigenvalue weighted by Crippen LogP contribution is 2.31. The molecule has 0 unspecified atom stereocenters. The molecule has 0 bridgehead atoms. The van der Waals surface area contributed by atoms with Gasteiger partial charge in [0.25, 0.3) is 0 Å². The van der Waals surface area contributed by atoms with Gasteiger partial charge < -0.3 is 10.6 Å². The number of halogens is 2. The maximum Gasteiger partial charge on any atom is 0.0456 e. The van der Waals surface area contributed by atoms with Crippen LogP contribution in [0.3, 0.4) is 0 Å². The van der Waals surface area contributed by atoms with Gasteiger partial charge in [0, 0.05) is 34.5 Å². The standard InChI is InChI=1S/C16H16Cl2N2/c17-13-3-5-15(18)12(8-13)10-20-7-1-2-11-9-14(19)4-6-16(11)20/h3-6,8-9H,1-2,7,10,19H2. The van der Waals surface area contributed by atoms with Gasteiger partial charge in [-0.2, -0.15) is 0 Å². The van der Waals surface area contributed by atoms with E-state index in [0.29, 0.717) is 0 Å². The summed E-state index contributed by atoms with van der Waals surface area (Å²) >= 11 is 12.3. The molecule has 0 atom stereocenters. The first kappa shape index (κ1) is 13.6. The number of hydrogen-bond acceptors (Lipinski definition) is 2. The molecule has 0 amide bonds. The second-order valence-corrected chi connectivity index (χ2v) is 5.99. The first-order valence-corrected chi connectivity index (χ1v) is 7.46. The Bertz CT molecular complexity index is 640. The predicted molar refractivity (Wildman–Crippen MR) is 86.7 cm³/mol. The third-order valence-corrected chi connectivity index (χ3v) is 4.29. The highest BCUT2D eigenvalue weighted by molar-refractivity contribution is 6.33. The van der Waals surface area contributed by atoms with Gasteiger partial charge in [-0.3, -0.25) is 0 Å². The van der Waals surface area contributed by atoms with E-state index in [9.17, 15) is 0 Å². The number of anilines is 2. The van der Waals surface area contributed by atoms with Gasteiger partial charge in [0.05, 0.1) is 0 Å². The van der Waals surface area contributed by atoms with E-state index < -0.39 is 0 Å². The van der Waals surface area contributed by atoms with Crippen molar-refractivity contribution in [1.82, 2.24) is 0 Å². The van der Waals surface area contributed by atoms with Gasteiger partial charge in [-0.15, -0.1) is 0 Å². The van der Waals surface area contributed by atoms with Crippen molar-refractivity contribution in [2.45, 2.75) is 19.4 Å². The van der Waals surface area contributed by atoms with E-state index in [4.69, 9.17) is 28.9 Å². The fraction of sp³-hybridized carbons (Fsp3) is 0.250. The Morgan fingerprint density at radius 1 is 1.10 bits per heavy atom. The maximum absolute atomic E-state index is 6.26. The number of rotatable bonds is 2. The molecule has 0 saturated carbocycles. The second kappa shape index (κ2) is 5.55. The molecule has 0 aliphatic carbocycles. The van der Waals surface area contributed by atoms with Crippen molar-refractivity contribution >= 4 is 34.6 Å². The van der Waals surface area contributed by atoms with Gasteiger partial charge in [0.15, 0.2) is 0 Å². The van der Waals surface area contributed by atoms with E-state index >= 15 is 0 Å². The van der Waals surface area contributed by atoms with Crippen LogP contribution in [0.4, 0.5) is 11.4 Å². The lowest BCUT2D eigenvalue weighted by molar-refractivity contribution is 0.691. The van der Waals surface area contributed by atoms with Gasteiger partial charge in [-0.25, -0.2) is 0 Å². The Balaban J connectivity index is 1.91. The number of nitrogens with two attached hydrogens (primary N) is 1. The van der Waals surface area contributed by atoms with Crippen molar-refractivity contribution in [2.75, 3.05) is 17.2 Å². The average molecular weight is 307 g/mol. The molecule has 0 fully saturated rings. The number of hydrogen-bond donors (Lipinski definition) is 1. The SMILES string of the molecule is Nc1ccc2c(c1)CCCN2Cc1cc(Cl)ccc1Cl. The Kier molecular flexibility index (Phi) is 3.77. The van der Waals surface area contributed by atoms with E-state index in [2.05, 4.69) is 17.0 Å². The summed E-state index contributed by atoms with van der Waals surface area (Å²) in [4.78, 5) is 2.34. The van der Waals surface area contributed by atoms with Crippen LogP contribution in [0.15, 0.2) is 36.4 Å². The van der Waals surface area contributed by atoms with Gasteiger partial charge in [0.2, 0.25) is 0 Å². The van der Waals surface area contributed by atoms with Crippen LogP contribution >= 0.6 is 23.2 Å². The molecule has 1 heterocycles. The van der Waals surface area contributed by atoms with Crippen molar-refractivity contribution in [1.29, 1.82) is 0 Å². The van der Waals surface area contributed by atoms with Crippen LogP contribution in [0.2, 0.25) is 10.0 Å². The monoisotopic (exact) mass is 306 g/mol. The summed E-state index contributed by atoms with van der Waals surface area (Å²) in [6.07, 6.45) is 2.22. The number of fused-ring (bicyclic) bond motifs is 1. The van der Waals surface area contributed by atoms with E-state index in [-0.39, 0.29) is 0 Å². The maximum atomic E-state index is 6.26. The smallest absolute Gasteiger partial charge is 0.0456 e. The Hall–Kier alpha value is -1.38. The number of nitrogen functional groups attached to an aromatic ring is 1. The van der Waals surface area contributed by atoms with Crippen LogP contribution < -0.4 is 10.6 Å². The molecule has 2 aromatic carbocycles. The van der Waals surface area contributed by atoms with Gasteiger partial charge in [-0.05, 0) is 60.4 Å². The molecule has 20 heavy (non-hydrogen) atoms. The highest BCUT2D eigenvalue weighted by Gasteiger charge is 2.18. The fourth-order valence-corrected chi connectivity index (χ4v) is 3.10. The third kappa shape index (κ3) is 2.72. The van der Waals surface area contributed by atoms with E-state index in [1.807, 2.05) is 24.3 Å². The summed E-state index contributed by atoms with van der Waals surface area (Å²) in [5.41, 5.74) is 10.3. The first-order valence-electron chi connectivity index (χ1n) is 6.71. The van der Waals surface area contributed by atoms with Gasteiger partial charge in [-0.1, -0.05) is 23.2 Å². The zero-order valence-electron chi connectivity index (χ0n) is 11.1. The minimum Gasteiger partial charge on any atom is -0.399 e. The molecule has 0 spiro atoms. The molecular formula is C16H16Cl2N2. The largest absolute Gasteiger partial charge is 0.399 e. The number of nitrogens with zero attached hydrogens (tertiary/aromatic N) is 1. The van der Waals surface area contributed by atoms with Crippen molar-refractivity contribution in [3.05, 3.63) is 57.6 Å². The zero-order valence-corrected chi connectivity index (χ0v) is 12.6. The quantitative estimate of drug-likeness (QED) is 0.826. The van der Waals surface area contributed by atoms with Crippen molar-refractivity contribution in [3.63, 3.8) is 0 Å². The Morgan fingerprint density at radius 2 is 1.95 bits per heavy atom. The molecule has 104 valence electrons. The van der Waals surface area contributed by atoms with Crippen molar-refractivity contribution < 1.29 is 0 Å². The van der Waals surface area contributed by atoms with Crippen LogP contribution in [0.25, 0.3) is 0 Å². The normalized spacial score (nSPS) is 14.2. The Morgan fingerprint density at radius 3 is 2.80 bits per heavy atom. The van der Waals surface area contributed by atoms with Crippen LogP contribution in [0.1, 0.15) is 17.5 Å². The van der Waals surface area contributed by atoms with E-state index in [1.165, 1.54) is 11.3 Å². The lowest BCUT2D eigenvalue weighted by Gasteiger charge is -2.32. The Labute approximate surface area is 129 Å². The predicted octanol–water partition coefficient (Wildman–Crippen LogP) is 4.53. The van der Waals surface area contributed by atoms with E-state index in [1.54, 1.807) is 0 Å². The number of benzene rings is 2. The summed E-state index contributed by atoms with van der Waals surface area (Å²) in [6.45, 7) is 1.80. The van der Waals surface area contributed by atoms with Crippen LogP contribution in [-0.2, 0) is 13.0 Å². The van der Waals surface area contributed by atoms with Crippen molar-refractivity contribution in [3.8, 4) is 0 Å². The molecule has 1 aliphatic rings. The van der Waals surface area contributed by atoms with Crippen LogP contribution in [0.5, 0.6) is 0 Å². The van der Waals surface area contributed by atoms with E-state index in [0.717, 1.165) is 47.2 Å². The zero-order chi connectivity index (χ0) is 14.1. The van der Waals surface area contributed by atoms with Gasteiger partial charge >= 0.3 is 0 Å². The second-order valence-electron chi connectivity index (χ2n) is 5.15. The summed E-state index contributed by atoms with van der Waals surface area (Å²) in [7, 11) is 0. The first-order chi connectivity index (χ1) is 9.63. The molecule has 1 aliphatic heterocycles. The lowest BCUT2D eigenvalue weighted by atomic mass is 10.0. The fourth-order valence-electron chi connectivity index (χ4n) is 2.73. The molecule has 4 heteroatoms. The molecule has 2 nitrogen and oxygen atoms in total. The van der Waals surface area contributed by atoms with Crippen LogP contribution in [0, 0.1) is 0 Å². The molecule has 3 rings (SSSR count). The van der Waals surface area contributed by atoms with Gasteiger partial charge in [0.1, 0.15) is 0 Å². The molecule has 0 saturated heterocycles. The van der Waals surface area contributed by atoms with Crippen molar-refractivity contribution in [2.24, 2.45) is 0 Å². The summed E-state index contributed by atoms with van der Waals surface area (Å²) in [5, 5.41) is 1.48. The summed E-state index contributed by atoms with van der Waals surface area (Å²) < 4.78 is 0. The molecule has 2 aromatic rings. The van der Waals surface area contributed by atoms with Crippen LogP contribution in [-0.4, -0.2) is 6.54 Å². The highest BCUT2D eigenvalue weighted by atomic mass is 35.5. The summed E-state index contributed by atoms with van der Waals surface area (Å²) in [5.74, 6) is 0. The lowest BCUT2D eigenvalue weighted by Crippen LogP contribution is -2.29.